The summed E-state index contributed by atoms with van der Waals surface area (Å²) in [6, 6.07) is 8.77. The minimum Gasteiger partial charge on any atom is -0.0948 e. The summed E-state index contributed by atoms with van der Waals surface area (Å²) < 4.78 is 0. The highest BCUT2D eigenvalue weighted by atomic mass is 32.2. The summed E-state index contributed by atoms with van der Waals surface area (Å²) in [4.78, 5) is 2.79. The molecule has 1 aliphatic heterocycles. The van der Waals surface area contributed by atoms with Crippen LogP contribution in [-0.2, 0) is 0 Å². The van der Waals surface area contributed by atoms with Crippen LogP contribution >= 0.6 is 11.8 Å². The summed E-state index contributed by atoms with van der Waals surface area (Å²) in [7, 11) is 0. The first-order valence-corrected chi connectivity index (χ1v) is 6.12. The van der Waals surface area contributed by atoms with Crippen LogP contribution in [0, 0.1) is 12.8 Å². The van der Waals surface area contributed by atoms with E-state index in [0.717, 1.165) is 0 Å². The fourth-order valence-electron chi connectivity index (χ4n) is 1.77. The van der Waals surface area contributed by atoms with Crippen molar-refractivity contribution in [1.82, 2.24) is 0 Å². The van der Waals surface area contributed by atoms with Gasteiger partial charge in [0.25, 0.3) is 0 Å². The Morgan fingerprint density at radius 2 is 1.67 bits per heavy atom. The first-order chi connectivity index (χ1) is 7.15. The van der Waals surface area contributed by atoms with Crippen molar-refractivity contribution in [3.05, 3.63) is 52.4 Å². The minimum atomic E-state index is 0.558. The molecule has 1 unspecified atom stereocenters. The van der Waals surface area contributed by atoms with Gasteiger partial charge in [0.1, 0.15) is 0 Å². The van der Waals surface area contributed by atoms with E-state index in [1.165, 1.54) is 20.9 Å². The molecule has 0 aliphatic carbocycles. The average Bonchev–Trinajstić information content (AvgIpc) is 2.17. The zero-order valence-corrected chi connectivity index (χ0v) is 10.3. The van der Waals surface area contributed by atoms with Gasteiger partial charge >= 0.3 is 0 Å². The van der Waals surface area contributed by atoms with E-state index in [1.54, 1.807) is 0 Å². The summed E-state index contributed by atoms with van der Waals surface area (Å²) in [5.74, 6) is 0.558. The molecule has 2 rings (SSSR count). The first-order valence-electron chi connectivity index (χ1n) is 5.30. The second-order valence-corrected chi connectivity index (χ2v) is 5.42. The van der Waals surface area contributed by atoms with Crippen molar-refractivity contribution >= 4 is 16.7 Å². The molecule has 0 saturated heterocycles. The van der Waals surface area contributed by atoms with Crippen LogP contribution in [-0.4, -0.2) is 0 Å². The Morgan fingerprint density at radius 3 is 2.27 bits per heavy atom. The lowest BCUT2D eigenvalue weighted by Gasteiger charge is -2.16. The molecule has 1 atom stereocenters. The van der Waals surface area contributed by atoms with Gasteiger partial charge < -0.3 is 0 Å². The Kier molecular flexibility index (Phi) is 3.01. The molecule has 78 valence electrons. The van der Waals surface area contributed by atoms with Gasteiger partial charge in [-0.1, -0.05) is 60.7 Å². The monoisotopic (exact) mass is 216 g/mol. The molecule has 1 heteroatoms. The summed E-state index contributed by atoms with van der Waals surface area (Å²) in [5, 5.41) is 0. The average molecular weight is 216 g/mol. The quantitative estimate of drug-likeness (QED) is 0.660. The predicted octanol–water partition coefficient (Wildman–Crippen LogP) is 4.62. The van der Waals surface area contributed by atoms with Gasteiger partial charge in [0.2, 0.25) is 0 Å². The molecule has 0 aromatic heterocycles. The van der Waals surface area contributed by atoms with E-state index in [1.807, 2.05) is 11.8 Å². The third-order valence-corrected chi connectivity index (χ3v) is 3.57. The topological polar surface area (TPSA) is 0 Å². The third kappa shape index (κ3) is 2.54. The fraction of sp³-hybridized carbons (Fsp3) is 0.286. The molecule has 1 heterocycles. The van der Waals surface area contributed by atoms with Crippen molar-refractivity contribution < 1.29 is 0 Å². The molecule has 0 spiro atoms. The number of allylic oxidation sites excluding steroid dienone is 3. The fourth-order valence-corrected chi connectivity index (χ4v) is 2.94. The first kappa shape index (κ1) is 10.6. The van der Waals surface area contributed by atoms with E-state index in [-0.39, 0.29) is 0 Å². The molecule has 15 heavy (non-hydrogen) atoms. The Hall–Kier alpha value is -0.950. The van der Waals surface area contributed by atoms with Crippen molar-refractivity contribution in [2.75, 3.05) is 0 Å². The lowest BCUT2D eigenvalue weighted by Crippen LogP contribution is -1.93. The highest BCUT2D eigenvalue weighted by Crippen LogP contribution is 2.38. The molecule has 0 radical (unpaired) electrons. The second kappa shape index (κ2) is 4.28. The summed E-state index contributed by atoms with van der Waals surface area (Å²) in [5.41, 5.74) is 2.66. The lowest BCUT2D eigenvalue weighted by molar-refractivity contribution is 0.937. The number of thioether (sulfide) groups is 1. The molecule has 1 aromatic carbocycles. The summed E-state index contributed by atoms with van der Waals surface area (Å²) in [6.45, 7) is 6.54. The highest BCUT2D eigenvalue weighted by Gasteiger charge is 2.10. The van der Waals surface area contributed by atoms with Gasteiger partial charge in [0, 0.05) is 4.91 Å². The maximum Gasteiger partial charge on any atom is 0.0157 e. The SMILES string of the molecule is CC1=CC(C)C=C(c2ccc(C)cc2)S1. The molecule has 0 amide bonds. The van der Waals surface area contributed by atoms with E-state index in [4.69, 9.17) is 0 Å². The molecular formula is C14H16S. The van der Waals surface area contributed by atoms with Crippen LogP contribution in [0.2, 0.25) is 0 Å². The zero-order chi connectivity index (χ0) is 10.8. The van der Waals surface area contributed by atoms with E-state index in [9.17, 15) is 0 Å². The number of rotatable bonds is 1. The largest absolute Gasteiger partial charge is 0.0948 e. The molecular weight excluding hydrogens is 200 g/mol. The van der Waals surface area contributed by atoms with Gasteiger partial charge in [-0.15, -0.1) is 0 Å². The number of hydrogen-bond donors (Lipinski definition) is 0. The van der Waals surface area contributed by atoms with Crippen LogP contribution < -0.4 is 0 Å². The summed E-state index contributed by atoms with van der Waals surface area (Å²) >= 11 is 1.87. The Morgan fingerprint density at radius 1 is 1.00 bits per heavy atom. The molecule has 0 nitrogen and oxygen atoms in total. The normalized spacial score (nSPS) is 20.9. The smallest absolute Gasteiger partial charge is 0.0157 e. The van der Waals surface area contributed by atoms with Crippen LogP contribution in [0.5, 0.6) is 0 Å². The third-order valence-electron chi connectivity index (χ3n) is 2.52. The van der Waals surface area contributed by atoms with Gasteiger partial charge in [-0.3, -0.25) is 0 Å². The van der Waals surface area contributed by atoms with Crippen molar-refractivity contribution in [2.45, 2.75) is 20.8 Å². The van der Waals surface area contributed by atoms with Crippen molar-refractivity contribution in [3.63, 3.8) is 0 Å². The summed E-state index contributed by atoms with van der Waals surface area (Å²) in [6.07, 6.45) is 4.64. The van der Waals surface area contributed by atoms with Gasteiger partial charge in [-0.05, 0) is 30.2 Å². The number of hydrogen-bond acceptors (Lipinski definition) is 1. The van der Waals surface area contributed by atoms with Crippen molar-refractivity contribution in [1.29, 1.82) is 0 Å². The molecule has 0 saturated carbocycles. The van der Waals surface area contributed by atoms with Crippen LogP contribution in [0.25, 0.3) is 4.91 Å². The van der Waals surface area contributed by atoms with Gasteiger partial charge in [-0.25, -0.2) is 0 Å². The van der Waals surface area contributed by atoms with Gasteiger partial charge in [0.05, 0.1) is 0 Å². The lowest BCUT2D eigenvalue weighted by atomic mass is 10.1. The highest BCUT2D eigenvalue weighted by molar-refractivity contribution is 8.11. The minimum absolute atomic E-state index is 0.558. The number of benzene rings is 1. The van der Waals surface area contributed by atoms with Crippen LogP contribution in [0.3, 0.4) is 0 Å². The van der Waals surface area contributed by atoms with Crippen LogP contribution in [0.15, 0.2) is 41.3 Å². The molecule has 0 fully saturated rings. The Balaban J connectivity index is 2.29. The van der Waals surface area contributed by atoms with Gasteiger partial charge in [0.15, 0.2) is 0 Å². The Labute approximate surface area is 96.1 Å². The van der Waals surface area contributed by atoms with E-state index < -0.39 is 0 Å². The Bertz CT molecular complexity index is 409. The second-order valence-electron chi connectivity index (χ2n) is 4.14. The van der Waals surface area contributed by atoms with Crippen molar-refractivity contribution in [2.24, 2.45) is 5.92 Å². The van der Waals surface area contributed by atoms with Crippen molar-refractivity contribution in [3.8, 4) is 0 Å². The number of aryl methyl sites for hydroxylation is 1. The molecule has 1 aromatic rings. The van der Waals surface area contributed by atoms with Gasteiger partial charge in [-0.2, -0.15) is 0 Å². The standard InChI is InChI=1S/C14H16S/c1-10-4-6-13(7-5-10)14-9-11(2)8-12(3)15-14/h4-9,11H,1-3H3. The van der Waals surface area contributed by atoms with E-state index >= 15 is 0 Å². The molecule has 1 aliphatic rings. The van der Waals surface area contributed by atoms with E-state index in [2.05, 4.69) is 57.2 Å². The maximum absolute atomic E-state index is 2.34. The predicted molar refractivity (Wildman–Crippen MR) is 69.7 cm³/mol. The zero-order valence-electron chi connectivity index (χ0n) is 9.45. The van der Waals surface area contributed by atoms with Crippen LogP contribution in [0.4, 0.5) is 0 Å². The van der Waals surface area contributed by atoms with E-state index in [0.29, 0.717) is 5.92 Å². The molecule has 0 bridgehead atoms. The van der Waals surface area contributed by atoms with Crippen LogP contribution in [0.1, 0.15) is 25.0 Å². The molecule has 0 N–H and O–H groups in total. The maximum atomic E-state index is 2.34.